The van der Waals surface area contributed by atoms with Crippen molar-refractivity contribution in [3.8, 4) is 11.1 Å². The first-order chi connectivity index (χ1) is 13.5. The lowest BCUT2D eigenvalue weighted by Gasteiger charge is -2.13. The van der Waals surface area contributed by atoms with Crippen LogP contribution < -0.4 is 10.9 Å². The molecular formula is C24H21ClN2O. The van der Waals surface area contributed by atoms with Crippen LogP contribution >= 0.6 is 11.6 Å². The fraction of sp³-hybridized carbons (Fsp3) is 0.125. The first kappa shape index (κ1) is 18.3. The number of aromatic nitrogens is 1. The smallest absolute Gasteiger partial charge is 0.251 e. The molecule has 28 heavy (non-hydrogen) atoms. The Hall–Kier alpha value is -3.04. The molecule has 0 fully saturated rings. The number of benzene rings is 3. The van der Waals surface area contributed by atoms with Crippen LogP contribution in [-0.4, -0.2) is 4.57 Å². The molecule has 0 atom stereocenters. The van der Waals surface area contributed by atoms with E-state index in [2.05, 4.69) is 42.6 Å². The van der Waals surface area contributed by atoms with Gasteiger partial charge in [-0.2, -0.15) is 0 Å². The van der Waals surface area contributed by atoms with Crippen LogP contribution in [0.25, 0.3) is 22.0 Å². The van der Waals surface area contributed by atoms with Gasteiger partial charge in [-0.1, -0.05) is 53.6 Å². The molecule has 1 heterocycles. The molecule has 3 nitrogen and oxygen atoms in total. The predicted octanol–water partition coefficient (Wildman–Crippen LogP) is 5.78. The number of nitrogens with zero attached hydrogens (tertiary/aromatic N) is 1. The minimum Gasteiger partial charge on any atom is -0.381 e. The highest BCUT2D eigenvalue weighted by Gasteiger charge is 2.10. The minimum absolute atomic E-state index is 0.0390. The van der Waals surface area contributed by atoms with Crippen LogP contribution in [0.4, 0.5) is 5.69 Å². The van der Waals surface area contributed by atoms with Gasteiger partial charge < -0.3 is 9.88 Å². The van der Waals surface area contributed by atoms with E-state index < -0.39 is 0 Å². The van der Waals surface area contributed by atoms with Gasteiger partial charge in [0.15, 0.2) is 0 Å². The number of hydrogen-bond acceptors (Lipinski definition) is 2. The van der Waals surface area contributed by atoms with Crippen LogP contribution in [0.15, 0.2) is 77.6 Å². The molecule has 0 saturated heterocycles. The molecular weight excluding hydrogens is 368 g/mol. The molecule has 0 saturated carbocycles. The summed E-state index contributed by atoms with van der Waals surface area (Å²) in [5, 5.41) is 5.15. The lowest BCUT2D eigenvalue weighted by atomic mass is 10.0. The number of aryl methyl sites for hydroxylation is 2. The zero-order valence-corrected chi connectivity index (χ0v) is 16.6. The van der Waals surface area contributed by atoms with E-state index in [1.807, 2.05) is 36.4 Å². The molecule has 4 rings (SSSR count). The van der Waals surface area contributed by atoms with E-state index in [9.17, 15) is 4.79 Å². The Labute approximate surface area is 169 Å². The van der Waals surface area contributed by atoms with Gasteiger partial charge in [-0.3, -0.25) is 4.79 Å². The summed E-state index contributed by atoms with van der Waals surface area (Å²) in [6, 6.07) is 23.9. The second-order valence-electron chi connectivity index (χ2n) is 7.04. The number of halogens is 1. The molecule has 0 bridgehead atoms. The third-order valence-corrected chi connectivity index (χ3v) is 5.23. The highest BCUT2D eigenvalue weighted by Crippen LogP contribution is 2.30. The first-order valence-electron chi connectivity index (χ1n) is 9.20. The van der Waals surface area contributed by atoms with Gasteiger partial charge in [-0.25, -0.2) is 0 Å². The number of nitrogens with one attached hydrogen (secondary N) is 1. The highest BCUT2D eigenvalue weighted by atomic mass is 35.5. The summed E-state index contributed by atoms with van der Waals surface area (Å²) < 4.78 is 1.67. The Morgan fingerprint density at radius 1 is 0.964 bits per heavy atom. The van der Waals surface area contributed by atoms with Gasteiger partial charge in [0.2, 0.25) is 0 Å². The van der Waals surface area contributed by atoms with Gasteiger partial charge in [0.1, 0.15) is 0 Å². The first-order valence-corrected chi connectivity index (χ1v) is 9.58. The molecule has 4 aromatic rings. The number of fused-ring (bicyclic) bond motifs is 1. The Morgan fingerprint density at radius 2 is 1.75 bits per heavy atom. The maximum Gasteiger partial charge on any atom is 0.251 e. The zero-order valence-electron chi connectivity index (χ0n) is 15.9. The fourth-order valence-corrected chi connectivity index (χ4v) is 3.57. The molecule has 1 aromatic heterocycles. The van der Waals surface area contributed by atoms with Crippen LogP contribution in [0, 0.1) is 6.92 Å². The summed E-state index contributed by atoms with van der Waals surface area (Å²) in [6.07, 6.45) is 0. The maximum absolute atomic E-state index is 12.4. The van der Waals surface area contributed by atoms with E-state index in [-0.39, 0.29) is 5.56 Å². The van der Waals surface area contributed by atoms with E-state index in [4.69, 9.17) is 11.6 Å². The van der Waals surface area contributed by atoms with E-state index in [0.717, 1.165) is 34.3 Å². The van der Waals surface area contributed by atoms with Crippen LogP contribution in [0.3, 0.4) is 0 Å². The van der Waals surface area contributed by atoms with E-state index in [1.165, 1.54) is 11.1 Å². The van der Waals surface area contributed by atoms with Crippen LogP contribution in [0.1, 0.15) is 11.1 Å². The molecule has 3 aromatic carbocycles. The lowest BCUT2D eigenvalue weighted by molar-refractivity contribution is 0.907. The number of pyridine rings is 1. The van der Waals surface area contributed by atoms with Crippen molar-refractivity contribution in [2.24, 2.45) is 7.05 Å². The van der Waals surface area contributed by atoms with Gasteiger partial charge in [0, 0.05) is 35.8 Å². The summed E-state index contributed by atoms with van der Waals surface area (Å²) in [7, 11) is 1.80. The summed E-state index contributed by atoms with van der Waals surface area (Å²) >= 11 is 6.18. The van der Waals surface area contributed by atoms with Crippen LogP contribution in [0.5, 0.6) is 0 Å². The van der Waals surface area contributed by atoms with Crippen LogP contribution in [-0.2, 0) is 13.6 Å². The van der Waals surface area contributed by atoms with Gasteiger partial charge in [-0.15, -0.1) is 0 Å². The number of anilines is 1. The molecule has 0 aliphatic rings. The van der Waals surface area contributed by atoms with E-state index in [1.54, 1.807) is 17.7 Å². The average Bonchev–Trinajstić information content (AvgIpc) is 2.70. The van der Waals surface area contributed by atoms with E-state index >= 15 is 0 Å². The van der Waals surface area contributed by atoms with Crippen molar-refractivity contribution in [2.75, 3.05) is 5.32 Å². The van der Waals surface area contributed by atoms with Crippen molar-refractivity contribution in [1.82, 2.24) is 4.57 Å². The Bertz CT molecular complexity index is 1210. The summed E-state index contributed by atoms with van der Waals surface area (Å²) in [6.45, 7) is 2.83. The average molecular weight is 389 g/mol. The van der Waals surface area contributed by atoms with Crippen molar-refractivity contribution in [3.05, 3.63) is 99.3 Å². The third kappa shape index (κ3) is 3.67. The molecule has 1 N–H and O–H groups in total. The lowest BCUT2D eigenvalue weighted by Crippen LogP contribution is -2.16. The largest absolute Gasteiger partial charge is 0.381 e. The monoisotopic (exact) mass is 388 g/mol. The zero-order chi connectivity index (χ0) is 19.7. The van der Waals surface area contributed by atoms with Crippen molar-refractivity contribution in [1.29, 1.82) is 0 Å². The Balaban J connectivity index is 1.76. The second-order valence-corrected chi connectivity index (χ2v) is 7.47. The second kappa shape index (κ2) is 7.53. The standard InChI is InChI=1S/C24H21ClN2O/c1-16-6-8-17(9-7-16)15-26-20-10-11-23-22(13-20)21(14-24(28)27(23)2)18-4-3-5-19(25)12-18/h3-14,26H,15H2,1-2H3. The Morgan fingerprint density at radius 3 is 2.50 bits per heavy atom. The van der Waals surface area contributed by atoms with Crippen molar-refractivity contribution >= 4 is 28.2 Å². The quantitative estimate of drug-likeness (QED) is 0.480. The molecule has 0 aliphatic carbocycles. The molecule has 0 unspecified atom stereocenters. The summed E-state index contributed by atoms with van der Waals surface area (Å²) in [4.78, 5) is 12.4. The fourth-order valence-electron chi connectivity index (χ4n) is 3.38. The van der Waals surface area contributed by atoms with Gasteiger partial charge in [-0.05, 0) is 53.9 Å². The van der Waals surface area contributed by atoms with Gasteiger partial charge in [0.05, 0.1) is 5.52 Å². The third-order valence-electron chi connectivity index (χ3n) is 5.00. The van der Waals surface area contributed by atoms with Gasteiger partial charge >= 0.3 is 0 Å². The van der Waals surface area contributed by atoms with E-state index in [0.29, 0.717) is 5.02 Å². The SMILES string of the molecule is Cc1ccc(CNc2ccc3c(c2)c(-c2cccc(Cl)c2)cc(=O)n3C)cc1. The predicted molar refractivity (Wildman–Crippen MR) is 118 cm³/mol. The Kier molecular flexibility index (Phi) is 4.93. The number of hydrogen-bond donors (Lipinski definition) is 1. The minimum atomic E-state index is -0.0390. The van der Waals surface area contributed by atoms with Gasteiger partial charge in [0.25, 0.3) is 5.56 Å². The van der Waals surface area contributed by atoms with Crippen molar-refractivity contribution in [2.45, 2.75) is 13.5 Å². The van der Waals surface area contributed by atoms with Crippen molar-refractivity contribution < 1.29 is 0 Å². The molecule has 0 radical (unpaired) electrons. The normalized spacial score (nSPS) is 11.0. The van der Waals surface area contributed by atoms with Crippen molar-refractivity contribution in [3.63, 3.8) is 0 Å². The molecule has 0 spiro atoms. The highest BCUT2D eigenvalue weighted by molar-refractivity contribution is 6.30. The summed E-state index contributed by atoms with van der Waals surface area (Å²) in [5.74, 6) is 0. The maximum atomic E-state index is 12.4. The molecule has 140 valence electrons. The van der Waals surface area contributed by atoms with Crippen LogP contribution in [0.2, 0.25) is 5.02 Å². The molecule has 0 amide bonds. The summed E-state index contributed by atoms with van der Waals surface area (Å²) in [5.41, 5.74) is 6.16. The topological polar surface area (TPSA) is 34.0 Å². The molecule has 0 aliphatic heterocycles. The molecule has 4 heteroatoms. The number of rotatable bonds is 4.